The molecule has 2 aromatic carbocycles. The van der Waals surface area contributed by atoms with Crippen LogP contribution in [0, 0.1) is 0 Å². The van der Waals surface area contributed by atoms with Gasteiger partial charge < -0.3 is 19.5 Å². The van der Waals surface area contributed by atoms with Gasteiger partial charge in [-0.15, -0.1) is 0 Å². The largest absolute Gasteiger partial charge is 0.497 e. The van der Waals surface area contributed by atoms with E-state index in [1.165, 1.54) is 0 Å². The molecule has 5 rings (SSSR count). The normalized spacial score (nSPS) is 17.0. The number of rotatable bonds is 5. The van der Waals surface area contributed by atoms with Gasteiger partial charge in [0.05, 0.1) is 19.3 Å². The average molecular weight is 392 g/mol. The maximum Gasteiger partial charge on any atom is 0.269 e. The third kappa shape index (κ3) is 3.27. The summed E-state index contributed by atoms with van der Waals surface area (Å²) in [4.78, 5) is 12.3. The van der Waals surface area contributed by atoms with Crippen molar-refractivity contribution in [1.82, 2.24) is 20.4 Å². The average Bonchev–Trinajstić information content (AvgIpc) is 3.41. The number of hydrogen-bond acceptors (Lipinski definition) is 6. The second kappa shape index (κ2) is 7.14. The molecule has 1 aromatic heterocycles. The predicted octanol–water partition coefficient (Wildman–Crippen LogP) is 2.32. The van der Waals surface area contributed by atoms with E-state index in [2.05, 4.69) is 10.6 Å². The second-order valence-electron chi connectivity index (χ2n) is 6.89. The number of nitrogens with zero attached hydrogens (tertiary/aromatic N) is 2. The highest BCUT2D eigenvalue weighted by molar-refractivity contribution is 5.94. The van der Waals surface area contributed by atoms with Gasteiger partial charge in [-0.3, -0.25) is 10.1 Å². The fourth-order valence-electron chi connectivity index (χ4n) is 3.54. The van der Waals surface area contributed by atoms with Crippen molar-refractivity contribution in [2.75, 3.05) is 20.4 Å². The monoisotopic (exact) mass is 392 g/mol. The smallest absolute Gasteiger partial charge is 0.269 e. The van der Waals surface area contributed by atoms with Gasteiger partial charge in [0.25, 0.3) is 5.91 Å². The Morgan fingerprint density at radius 2 is 2.10 bits per heavy atom. The molecule has 2 aliphatic rings. The summed E-state index contributed by atoms with van der Waals surface area (Å²) in [6.45, 7) is 1.31. The molecule has 2 aliphatic heterocycles. The van der Waals surface area contributed by atoms with E-state index in [1.807, 2.05) is 42.5 Å². The van der Waals surface area contributed by atoms with E-state index in [1.54, 1.807) is 17.9 Å². The molecule has 0 fully saturated rings. The van der Waals surface area contributed by atoms with Gasteiger partial charge in [-0.1, -0.05) is 18.2 Å². The van der Waals surface area contributed by atoms with Gasteiger partial charge in [-0.25, -0.2) is 4.68 Å². The lowest BCUT2D eigenvalue weighted by Crippen LogP contribution is -2.45. The van der Waals surface area contributed by atoms with E-state index in [4.69, 9.17) is 19.3 Å². The minimum atomic E-state index is -0.160. The molecule has 0 aliphatic carbocycles. The Morgan fingerprint density at radius 1 is 1.21 bits per heavy atom. The van der Waals surface area contributed by atoms with E-state index >= 15 is 0 Å². The summed E-state index contributed by atoms with van der Waals surface area (Å²) in [6.07, 6.45) is -0.160. The fraction of sp³-hybridized carbons (Fsp3) is 0.238. The Kier molecular flexibility index (Phi) is 4.33. The maximum atomic E-state index is 12.3. The Balaban J connectivity index is 1.38. The molecule has 1 amide bonds. The topological polar surface area (TPSA) is 86.6 Å². The molecule has 0 saturated carbocycles. The zero-order valence-electron chi connectivity index (χ0n) is 15.8. The molecule has 3 aromatic rings. The van der Waals surface area contributed by atoms with Crippen LogP contribution in [-0.2, 0) is 6.54 Å². The third-order valence-electron chi connectivity index (χ3n) is 5.06. The van der Waals surface area contributed by atoms with Crippen LogP contribution in [0.1, 0.15) is 22.2 Å². The number of fused-ring (bicyclic) bond motifs is 2. The van der Waals surface area contributed by atoms with Crippen molar-refractivity contribution in [1.29, 1.82) is 0 Å². The molecule has 2 N–H and O–H groups in total. The minimum absolute atomic E-state index is 0.132. The first-order chi connectivity index (χ1) is 14.2. The molecule has 3 heterocycles. The number of ether oxygens (including phenoxy) is 3. The highest BCUT2D eigenvalue weighted by Crippen LogP contribution is 2.32. The molecule has 29 heavy (non-hydrogen) atoms. The summed E-state index contributed by atoms with van der Waals surface area (Å²) >= 11 is 0. The van der Waals surface area contributed by atoms with Crippen molar-refractivity contribution >= 4 is 5.91 Å². The van der Waals surface area contributed by atoms with E-state index < -0.39 is 0 Å². The Bertz CT molecular complexity index is 1080. The van der Waals surface area contributed by atoms with Crippen molar-refractivity contribution in [2.45, 2.75) is 12.7 Å². The van der Waals surface area contributed by atoms with Crippen molar-refractivity contribution in [3.8, 4) is 28.5 Å². The quantitative estimate of drug-likeness (QED) is 0.693. The number of carbonyl (C=O) groups excluding carboxylic acids is 1. The molecule has 1 atom stereocenters. The zero-order chi connectivity index (χ0) is 19.8. The number of benzene rings is 2. The first-order valence-electron chi connectivity index (χ1n) is 9.35. The van der Waals surface area contributed by atoms with Crippen LogP contribution in [0.5, 0.6) is 17.2 Å². The molecule has 0 radical (unpaired) electrons. The van der Waals surface area contributed by atoms with Gasteiger partial charge in [0.15, 0.2) is 11.5 Å². The second-order valence-corrected chi connectivity index (χ2v) is 6.89. The van der Waals surface area contributed by atoms with Crippen LogP contribution in [0.2, 0.25) is 0 Å². The van der Waals surface area contributed by atoms with Crippen LogP contribution in [-0.4, -0.2) is 36.1 Å². The summed E-state index contributed by atoms with van der Waals surface area (Å²) < 4.78 is 17.8. The standard InChI is InChI=1S/C21H20N4O4/c1-27-15-4-2-3-14(8-15)16-9-17-21(26)23-11-20(25(17)24-16)22-10-13-5-6-18-19(7-13)29-12-28-18/h2-9,20,22H,10-12H2,1H3,(H,23,26)/t20-/m0/s1. The molecule has 0 spiro atoms. The lowest BCUT2D eigenvalue weighted by molar-refractivity contribution is 0.0900. The lowest BCUT2D eigenvalue weighted by Gasteiger charge is -2.25. The fourth-order valence-corrected chi connectivity index (χ4v) is 3.54. The molecule has 8 nitrogen and oxygen atoms in total. The van der Waals surface area contributed by atoms with Crippen LogP contribution >= 0.6 is 0 Å². The van der Waals surface area contributed by atoms with Gasteiger partial charge in [0.1, 0.15) is 17.6 Å². The Hall–Kier alpha value is -3.52. The number of aromatic nitrogens is 2. The van der Waals surface area contributed by atoms with E-state index in [0.717, 1.165) is 34.1 Å². The summed E-state index contributed by atoms with van der Waals surface area (Å²) in [7, 11) is 1.63. The first-order valence-corrected chi connectivity index (χ1v) is 9.35. The van der Waals surface area contributed by atoms with Crippen LogP contribution < -0.4 is 24.8 Å². The van der Waals surface area contributed by atoms with Gasteiger partial charge in [0.2, 0.25) is 6.79 Å². The van der Waals surface area contributed by atoms with Crippen molar-refractivity contribution < 1.29 is 19.0 Å². The molecular weight excluding hydrogens is 372 g/mol. The molecule has 0 saturated heterocycles. The minimum Gasteiger partial charge on any atom is -0.497 e. The molecule has 148 valence electrons. The van der Waals surface area contributed by atoms with Gasteiger partial charge in [-0.05, 0) is 35.9 Å². The van der Waals surface area contributed by atoms with Crippen LogP contribution in [0.15, 0.2) is 48.5 Å². The highest BCUT2D eigenvalue weighted by atomic mass is 16.7. The zero-order valence-corrected chi connectivity index (χ0v) is 15.8. The number of methoxy groups -OCH3 is 1. The number of hydrogen-bond donors (Lipinski definition) is 2. The summed E-state index contributed by atoms with van der Waals surface area (Å²) in [5.74, 6) is 2.13. The SMILES string of the molecule is COc1cccc(-c2cc3n(n2)[C@H](NCc2ccc4c(c2)OCO4)CNC3=O)c1. The van der Waals surface area contributed by atoms with E-state index in [9.17, 15) is 4.79 Å². The van der Waals surface area contributed by atoms with Crippen LogP contribution in [0.25, 0.3) is 11.3 Å². The Labute approximate surface area is 167 Å². The molecule has 8 heteroatoms. The van der Waals surface area contributed by atoms with Gasteiger partial charge >= 0.3 is 0 Å². The van der Waals surface area contributed by atoms with Crippen molar-refractivity contribution in [3.63, 3.8) is 0 Å². The maximum absolute atomic E-state index is 12.3. The number of amides is 1. The van der Waals surface area contributed by atoms with Crippen molar-refractivity contribution in [3.05, 3.63) is 59.8 Å². The van der Waals surface area contributed by atoms with E-state index in [-0.39, 0.29) is 18.9 Å². The highest BCUT2D eigenvalue weighted by Gasteiger charge is 2.27. The summed E-state index contributed by atoms with van der Waals surface area (Å²) in [6, 6.07) is 15.3. The third-order valence-corrected chi connectivity index (χ3v) is 5.06. The molecule has 0 unspecified atom stereocenters. The van der Waals surface area contributed by atoms with Gasteiger partial charge in [0, 0.05) is 12.1 Å². The van der Waals surface area contributed by atoms with E-state index in [0.29, 0.717) is 18.8 Å². The first kappa shape index (κ1) is 17.6. The molecule has 0 bridgehead atoms. The predicted molar refractivity (Wildman–Crippen MR) is 105 cm³/mol. The van der Waals surface area contributed by atoms with Gasteiger partial charge in [-0.2, -0.15) is 5.10 Å². The summed E-state index contributed by atoms with van der Waals surface area (Å²) in [5, 5.41) is 11.1. The van der Waals surface area contributed by atoms with Crippen LogP contribution in [0.4, 0.5) is 0 Å². The number of carbonyl (C=O) groups is 1. The van der Waals surface area contributed by atoms with Crippen LogP contribution in [0.3, 0.4) is 0 Å². The number of nitrogens with one attached hydrogen (secondary N) is 2. The lowest BCUT2D eigenvalue weighted by atomic mass is 10.1. The van der Waals surface area contributed by atoms with Crippen molar-refractivity contribution in [2.24, 2.45) is 0 Å². The summed E-state index contributed by atoms with van der Waals surface area (Å²) in [5.41, 5.74) is 3.21. The molecular formula is C21H20N4O4. The Morgan fingerprint density at radius 3 is 3.00 bits per heavy atom.